The van der Waals surface area contributed by atoms with Gasteiger partial charge in [0.15, 0.2) is 10.8 Å². The Bertz CT molecular complexity index is 1210. The highest BCUT2D eigenvalue weighted by Crippen LogP contribution is 2.41. The van der Waals surface area contributed by atoms with Crippen LogP contribution in [0.4, 0.5) is 8.78 Å². The first kappa shape index (κ1) is 22.5. The molecule has 2 aliphatic rings. The Labute approximate surface area is 187 Å². The van der Waals surface area contributed by atoms with Crippen molar-refractivity contribution in [2.75, 3.05) is 19.4 Å². The van der Waals surface area contributed by atoms with Gasteiger partial charge in [-0.2, -0.15) is 0 Å². The van der Waals surface area contributed by atoms with E-state index < -0.39 is 39.7 Å². The van der Waals surface area contributed by atoms with Gasteiger partial charge in [0.25, 0.3) is 0 Å². The zero-order valence-corrected chi connectivity index (χ0v) is 18.8. The Kier molecular flexibility index (Phi) is 6.10. The highest BCUT2D eigenvalue weighted by atomic mass is 32.2. The Morgan fingerprint density at radius 2 is 2.16 bits per heavy atom. The van der Waals surface area contributed by atoms with E-state index in [1.807, 2.05) is 0 Å². The summed E-state index contributed by atoms with van der Waals surface area (Å²) in [5, 5.41) is 2.27. The second kappa shape index (κ2) is 8.68. The van der Waals surface area contributed by atoms with Gasteiger partial charge in [-0.25, -0.2) is 31.7 Å². The van der Waals surface area contributed by atoms with Gasteiger partial charge in [-0.3, -0.25) is 4.99 Å². The van der Waals surface area contributed by atoms with Crippen molar-refractivity contribution in [3.63, 3.8) is 0 Å². The van der Waals surface area contributed by atoms with Crippen LogP contribution in [0.15, 0.2) is 46.0 Å². The molecule has 0 unspecified atom stereocenters. The SMILES string of the molecule is CCOC(=O)C1=C2C[C@H](NS(C)(=O)=O)CN2C(c2nccs2)=N[C@H]1c1ccc(F)cc1F. The number of sulfonamides is 1. The number of hydrogen-bond donors (Lipinski definition) is 1. The number of aromatic nitrogens is 1. The van der Waals surface area contributed by atoms with Crippen LogP contribution in [0.1, 0.15) is 30.0 Å². The molecule has 1 aromatic heterocycles. The smallest absolute Gasteiger partial charge is 0.338 e. The number of nitrogens with zero attached hydrogens (tertiary/aromatic N) is 3. The van der Waals surface area contributed by atoms with Gasteiger partial charge in [-0.15, -0.1) is 11.3 Å². The van der Waals surface area contributed by atoms with Crippen LogP contribution in [0, 0.1) is 11.6 Å². The largest absolute Gasteiger partial charge is 0.463 e. The quantitative estimate of drug-likeness (QED) is 0.635. The summed E-state index contributed by atoms with van der Waals surface area (Å²) in [6, 6.07) is 1.44. The molecule has 0 spiro atoms. The molecule has 0 bridgehead atoms. The zero-order valence-electron chi connectivity index (χ0n) is 17.2. The minimum Gasteiger partial charge on any atom is -0.463 e. The van der Waals surface area contributed by atoms with Gasteiger partial charge < -0.3 is 9.64 Å². The van der Waals surface area contributed by atoms with Crippen LogP contribution < -0.4 is 4.72 Å². The van der Waals surface area contributed by atoms with E-state index in [2.05, 4.69) is 14.7 Å². The molecule has 170 valence electrons. The number of ether oxygens (including phenoxy) is 1. The van der Waals surface area contributed by atoms with Gasteiger partial charge in [0.1, 0.15) is 17.7 Å². The van der Waals surface area contributed by atoms with Gasteiger partial charge in [0.05, 0.1) is 18.4 Å². The Morgan fingerprint density at radius 1 is 1.38 bits per heavy atom. The zero-order chi connectivity index (χ0) is 23.0. The van der Waals surface area contributed by atoms with E-state index >= 15 is 0 Å². The van der Waals surface area contributed by atoms with Gasteiger partial charge in [0, 0.05) is 47.9 Å². The number of rotatable bonds is 6. The molecule has 2 atom stereocenters. The van der Waals surface area contributed by atoms with E-state index in [0.29, 0.717) is 16.5 Å². The monoisotopic (exact) mass is 482 g/mol. The number of nitrogens with one attached hydrogen (secondary N) is 1. The lowest BCUT2D eigenvalue weighted by Crippen LogP contribution is -2.39. The lowest BCUT2D eigenvalue weighted by Gasteiger charge is -2.31. The average Bonchev–Trinajstić information content (AvgIpc) is 3.35. The number of carbonyl (C=O) groups excluding carboxylic acids is 1. The summed E-state index contributed by atoms with van der Waals surface area (Å²) in [7, 11) is -3.52. The number of amidine groups is 1. The van der Waals surface area contributed by atoms with Crippen LogP contribution in [0.3, 0.4) is 0 Å². The topological polar surface area (TPSA) is 101 Å². The molecule has 2 aromatic rings. The van der Waals surface area contributed by atoms with Gasteiger partial charge in [0.2, 0.25) is 10.0 Å². The molecule has 0 aliphatic carbocycles. The predicted molar refractivity (Wildman–Crippen MR) is 114 cm³/mol. The second-order valence-corrected chi connectivity index (χ2v) is 10.0. The predicted octanol–water partition coefficient (Wildman–Crippen LogP) is 2.36. The number of fused-ring (bicyclic) bond motifs is 1. The molecule has 1 saturated heterocycles. The average molecular weight is 483 g/mol. The van der Waals surface area contributed by atoms with Crippen molar-refractivity contribution in [1.29, 1.82) is 0 Å². The van der Waals surface area contributed by atoms with Crippen molar-refractivity contribution in [2.24, 2.45) is 4.99 Å². The standard InChI is InChI=1S/C20H20F2N4O4S2/c1-3-30-20(27)16-15-9-12(25-32(2,28)29)10-26(15)18(19-23-6-7-31-19)24-17(16)13-5-4-11(21)8-14(13)22/h4-8,12,17,25H,3,9-10H2,1-2H3/t12-,17-/m0/s1. The van der Waals surface area contributed by atoms with Crippen molar-refractivity contribution < 1.29 is 26.7 Å². The lowest BCUT2D eigenvalue weighted by atomic mass is 9.94. The third-order valence-electron chi connectivity index (χ3n) is 5.02. The summed E-state index contributed by atoms with van der Waals surface area (Å²) < 4.78 is 59.7. The maximum atomic E-state index is 14.8. The van der Waals surface area contributed by atoms with Crippen molar-refractivity contribution in [3.05, 3.63) is 63.3 Å². The summed E-state index contributed by atoms with van der Waals surface area (Å²) in [4.78, 5) is 23.6. The minimum atomic E-state index is -3.52. The maximum absolute atomic E-state index is 14.8. The third kappa shape index (κ3) is 4.43. The molecule has 1 N–H and O–H groups in total. The fourth-order valence-electron chi connectivity index (χ4n) is 3.90. The molecule has 1 aromatic carbocycles. The molecule has 3 heterocycles. The first-order valence-electron chi connectivity index (χ1n) is 9.75. The third-order valence-corrected chi connectivity index (χ3v) is 6.55. The first-order chi connectivity index (χ1) is 15.2. The van der Waals surface area contributed by atoms with Gasteiger partial charge >= 0.3 is 5.97 Å². The fourth-order valence-corrected chi connectivity index (χ4v) is 5.30. The maximum Gasteiger partial charge on any atom is 0.338 e. The summed E-state index contributed by atoms with van der Waals surface area (Å²) >= 11 is 1.30. The van der Waals surface area contributed by atoms with Crippen molar-refractivity contribution >= 4 is 33.2 Å². The van der Waals surface area contributed by atoms with Crippen LogP contribution in [0.5, 0.6) is 0 Å². The first-order valence-corrected chi connectivity index (χ1v) is 12.5. The number of thiazole rings is 1. The lowest BCUT2D eigenvalue weighted by molar-refractivity contribution is -0.139. The van der Waals surface area contributed by atoms with Crippen LogP contribution in [0.2, 0.25) is 0 Å². The summed E-state index contributed by atoms with van der Waals surface area (Å²) in [5.74, 6) is -1.91. The molecular formula is C20H20F2N4O4S2. The van der Waals surface area contributed by atoms with Crippen molar-refractivity contribution in [3.8, 4) is 0 Å². The number of halogens is 2. The van der Waals surface area contributed by atoms with E-state index in [1.165, 1.54) is 17.4 Å². The number of benzene rings is 1. The molecule has 32 heavy (non-hydrogen) atoms. The molecular weight excluding hydrogens is 462 g/mol. The van der Waals surface area contributed by atoms with E-state index in [-0.39, 0.29) is 30.7 Å². The molecule has 2 aliphatic heterocycles. The number of aliphatic imine (C=N–C) groups is 1. The highest BCUT2D eigenvalue weighted by Gasteiger charge is 2.43. The normalized spacial score (nSPS) is 20.9. The Morgan fingerprint density at radius 3 is 2.78 bits per heavy atom. The van der Waals surface area contributed by atoms with Crippen molar-refractivity contribution in [2.45, 2.75) is 25.4 Å². The van der Waals surface area contributed by atoms with E-state index in [9.17, 15) is 22.0 Å². The number of carbonyl (C=O) groups is 1. The fraction of sp³-hybridized carbons (Fsp3) is 0.350. The molecule has 12 heteroatoms. The molecule has 0 amide bonds. The van der Waals surface area contributed by atoms with Crippen molar-refractivity contribution in [1.82, 2.24) is 14.6 Å². The number of esters is 1. The highest BCUT2D eigenvalue weighted by molar-refractivity contribution is 7.88. The van der Waals surface area contributed by atoms with Crippen LogP contribution >= 0.6 is 11.3 Å². The van der Waals surface area contributed by atoms with Gasteiger partial charge in [-0.05, 0) is 13.0 Å². The minimum absolute atomic E-state index is 0.00943. The Hall–Kier alpha value is -2.70. The molecule has 4 rings (SSSR count). The molecule has 0 radical (unpaired) electrons. The van der Waals surface area contributed by atoms with Crippen LogP contribution in [-0.4, -0.2) is 55.6 Å². The van der Waals surface area contributed by atoms with Gasteiger partial charge in [-0.1, -0.05) is 6.07 Å². The van der Waals surface area contributed by atoms with Crippen LogP contribution in [-0.2, 0) is 19.6 Å². The van der Waals surface area contributed by atoms with Crippen LogP contribution in [0.25, 0.3) is 0 Å². The summed E-state index contributed by atoms with van der Waals surface area (Å²) in [5.41, 5.74) is 0.573. The second-order valence-electron chi connectivity index (χ2n) is 7.34. The molecule has 0 saturated carbocycles. The Balaban J connectivity index is 1.89. The molecule has 1 fully saturated rings. The van der Waals surface area contributed by atoms with E-state index in [1.54, 1.807) is 23.4 Å². The van der Waals surface area contributed by atoms with E-state index in [4.69, 9.17) is 4.74 Å². The summed E-state index contributed by atoms with van der Waals surface area (Å²) in [6.07, 6.45) is 2.81. The summed E-state index contributed by atoms with van der Waals surface area (Å²) in [6.45, 7) is 1.94. The van der Waals surface area contributed by atoms with E-state index in [0.717, 1.165) is 18.4 Å². The molecule has 8 nitrogen and oxygen atoms in total. The number of hydrogen-bond acceptors (Lipinski definition) is 8.